The number of aromatic amines is 1. The molecule has 11 heteroatoms. The van der Waals surface area contributed by atoms with E-state index in [-0.39, 0.29) is 50.0 Å². The Bertz CT molecular complexity index is 970. The van der Waals surface area contributed by atoms with Crippen LogP contribution in [0, 0.1) is 0 Å². The third kappa shape index (κ3) is 33.5. The van der Waals surface area contributed by atoms with Crippen LogP contribution < -0.4 is 11.1 Å². The van der Waals surface area contributed by atoms with Crippen LogP contribution in [0.4, 0.5) is 0 Å². The maximum absolute atomic E-state index is 13.0. The number of carbonyl (C=O) groups excluding carboxylic acids is 3. The van der Waals surface area contributed by atoms with Gasteiger partial charge in [0.25, 0.3) is 0 Å². The lowest BCUT2D eigenvalue weighted by Crippen LogP contribution is -2.50. The second-order valence-corrected chi connectivity index (χ2v) is 15.0. The normalized spacial score (nSPS) is 12.0. The number of aromatic nitrogens is 2. The number of rotatable bonds is 38. The van der Waals surface area contributed by atoms with Crippen molar-refractivity contribution in [3.05, 3.63) is 18.2 Å². The molecule has 0 aromatic carbocycles. The summed E-state index contributed by atoms with van der Waals surface area (Å²) in [6.45, 7) is 5.20. The molecule has 0 saturated heterocycles. The van der Waals surface area contributed by atoms with Gasteiger partial charge < -0.3 is 25.5 Å². The van der Waals surface area contributed by atoms with Crippen molar-refractivity contribution in [3.63, 3.8) is 0 Å². The Morgan fingerprint density at radius 2 is 1.02 bits per heavy atom. The number of nitrogens with two attached hydrogens (primary N) is 1. The lowest BCUT2D eigenvalue weighted by atomic mass is 10.0. The van der Waals surface area contributed by atoms with Crippen LogP contribution >= 0.6 is 24.8 Å². The van der Waals surface area contributed by atoms with Crippen LogP contribution in [0.5, 0.6) is 0 Å². The summed E-state index contributed by atoms with van der Waals surface area (Å²) in [6.07, 6.45) is 39.0. The largest absolute Gasteiger partial charge is 0.466 e. The number of ether oxygens (including phenoxy) is 2. The summed E-state index contributed by atoms with van der Waals surface area (Å²) in [7, 11) is 0. The average Bonchev–Trinajstić information content (AvgIpc) is 3.66. The molecule has 1 aromatic heterocycles. The molecule has 0 aliphatic rings. The van der Waals surface area contributed by atoms with Gasteiger partial charge in [0.1, 0.15) is 11.9 Å². The van der Waals surface area contributed by atoms with Gasteiger partial charge in [0, 0.05) is 25.2 Å². The van der Waals surface area contributed by atoms with Crippen LogP contribution in [0.3, 0.4) is 0 Å². The predicted molar refractivity (Wildman–Crippen MR) is 228 cm³/mol. The smallest absolute Gasteiger partial charge is 0.328 e. The van der Waals surface area contributed by atoms with Crippen molar-refractivity contribution < 1.29 is 23.9 Å². The van der Waals surface area contributed by atoms with E-state index in [1.54, 1.807) is 12.4 Å². The molecule has 1 aromatic rings. The molecule has 0 unspecified atom stereocenters. The number of H-pyrrole nitrogens is 1. The standard InChI is InChI=1S/C43H80N4O5.2ClH/c1-3-5-7-9-11-13-15-17-19-21-23-25-27-29-35-51-41(48)32-31-39(47-42(49)38(44)37-40-45-33-34-46-40)43(50)52-36-30-28-26-24-22-20-18-16-14-12-10-8-6-4-2;;/h33-34,38-39H,3-32,35-37,44H2,1-2H3,(H,45,46)(H,47,49);2*1H/t38-,39+;;/m0../s1. The summed E-state index contributed by atoms with van der Waals surface area (Å²) in [5.41, 5.74) is 6.10. The van der Waals surface area contributed by atoms with Crippen LogP contribution in [0.2, 0.25) is 0 Å². The number of imidazole rings is 1. The molecule has 1 amide bonds. The van der Waals surface area contributed by atoms with Gasteiger partial charge in [-0.2, -0.15) is 0 Å². The van der Waals surface area contributed by atoms with E-state index in [2.05, 4.69) is 29.1 Å². The molecule has 0 spiro atoms. The minimum atomic E-state index is -0.963. The van der Waals surface area contributed by atoms with Crippen LogP contribution in [0.15, 0.2) is 12.4 Å². The van der Waals surface area contributed by atoms with Gasteiger partial charge in [0.15, 0.2) is 0 Å². The third-order valence-corrected chi connectivity index (χ3v) is 10.0. The Kier molecular flexibility index (Phi) is 41.0. The summed E-state index contributed by atoms with van der Waals surface area (Å²) in [5, 5.41) is 2.72. The second-order valence-electron chi connectivity index (χ2n) is 15.0. The fourth-order valence-electron chi connectivity index (χ4n) is 6.63. The third-order valence-electron chi connectivity index (χ3n) is 10.0. The summed E-state index contributed by atoms with van der Waals surface area (Å²) < 4.78 is 11.0. The van der Waals surface area contributed by atoms with E-state index in [1.165, 1.54) is 141 Å². The quantitative estimate of drug-likeness (QED) is 0.0447. The Balaban J connectivity index is 0. The molecule has 2 atom stereocenters. The average molecular weight is 806 g/mol. The molecule has 0 radical (unpaired) electrons. The highest BCUT2D eigenvalue weighted by molar-refractivity contribution is 5.88. The van der Waals surface area contributed by atoms with Gasteiger partial charge in [-0.3, -0.25) is 9.59 Å². The van der Waals surface area contributed by atoms with Crippen molar-refractivity contribution in [1.29, 1.82) is 0 Å². The number of esters is 2. The van der Waals surface area contributed by atoms with Crippen molar-refractivity contribution >= 4 is 42.7 Å². The van der Waals surface area contributed by atoms with Crippen LogP contribution in [0.25, 0.3) is 0 Å². The van der Waals surface area contributed by atoms with Crippen molar-refractivity contribution in [1.82, 2.24) is 15.3 Å². The van der Waals surface area contributed by atoms with Crippen molar-refractivity contribution in [2.24, 2.45) is 5.73 Å². The van der Waals surface area contributed by atoms with Crippen LogP contribution in [-0.4, -0.2) is 53.1 Å². The van der Waals surface area contributed by atoms with Crippen molar-refractivity contribution in [3.8, 4) is 0 Å². The SMILES string of the molecule is CCCCCCCCCCCCCCCCOC(=O)CC[C@@H](NC(=O)[C@@H](N)Cc1ncc[nH]1)C(=O)OCCCCCCCCCCCCCCCC.Cl.Cl. The lowest BCUT2D eigenvalue weighted by Gasteiger charge is -2.19. The topological polar surface area (TPSA) is 136 Å². The molecule has 1 heterocycles. The zero-order valence-electron chi connectivity index (χ0n) is 34.5. The van der Waals surface area contributed by atoms with Gasteiger partial charge in [-0.15, -0.1) is 24.8 Å². The summed E-state index contributed by atoms with van der Waals surface area (Å²) in [4.78, 5) is 45.5. The Labute approximate surface area is 342 Å². The number of unbranched alkanes of at least 4 members (excludes halogenated alkanes) is 26. The zero-order chi connectivity index (χ0) is 37.7. The Hall–Kier alpha value is -1.84. The van der Waals surface area contributed by atoms with Crippen LogP contribution in [0.1, 0.15) is 212 Å². The predicted octanol–water partition coefficient (Wildman–Crippen LogP) is 11.4. The molecular formula is C43H82Cl2N4O5. The van der Waals surface area contributed by atoms with Crippen molar-refractivity contribution in [2.75, 3.05) is 13.2 Å². The number of halogens is 2. The summed E-state index contributed by atoms with van der Waals surface area (Å²) >= 11 is 0. The first kappa shape index (κ1) is 54.3. The number of nitrogens with zero attached hydrogens (tertiary/aromatic N) is 1. The molecule has 0 aliphatic heterocycles. The molecule has 0 aliphatic carbocycles. The monoisotopic (exact) mass is 805 g/mol. The van der Waals surface area contributed by atoms with Gasteiger partial charge >= 0.3 is 11.9 Å². The first-order valence-electron chi connectivity index (χ1n) is 21.8. The second kappa shape index (κ2) is 40.8. The number of hydrogen-bond acceptors (Lipinski definition) is 7. The maximum Gasteiger partial charge on any atom is 0.328 e. The lowest BCUT2D eigenvalue weighted by molar-refractivity contribution is -0.149. The highest BCUT2D eigenvalue weighted by Gasteiger charge is 2.26. The molecular weight excluding hydrogens is 723 g/mol. The van der Waals surface area contributed by atoms with Crippen LogP contribution in [-0.2, 0) is 30.3 Å². The minimum absolute atomic E-state index is 0. The van der Waals surface area contributed by atoms with E-state index in [0.717, 1.165) is 38.5 Å². The molecule has 54 heavy (non-hydrogen) atoms. The van der Waals surface area contributed by atoms with Gasteiger partial charge in [0.2, 0.25) is 5.91 Å². The Morgan fingerprint density at radius 3 is 1.41 bits per heavy atom. The van der Waals surface area contributed by atoms with E-state index in [1.807, 2.05) is 0 Å². The first-order valence-corrected chi connectivity index (χ1v) is 21.8. The van der Waals surface area contributed by atoms with E-state index in [9.17, 15) is 14.4 Å². The number of hydrogen-bond donors (Lipinski definition) is 3. The molecule has 1 rings (SSSR count). The van der Waals surface area contributed by atoms with Gasteiger partial charge in [-0.25, -0.2) is 9.78 Å². The fourth-order valence-corrected chi connectivity index (χ4v) is 6.63. The summed E-state index contributed by atoms with van der Waals surface area (Å²) in [5.74, 6) is -0.793. The van der Waals surface area contributed by atoms with Crippen molar-refractivity contribution in [2.45, 2.75) is 225 Å². The molecule has 318 valence electrons. The van der Waals surface area contributed by atoms with Gasteiger partial charge in [-0.05, 0) is 19.3 Å². The Morgan fingerprint density at radius 1 is 0.630 bits per heavy atom. The van der Waals surface area contributed by atoms with E-state index in [0.29, 0.717) is 19.0 Å². The molecule has 4 N–H and O–H groups in total. The molecule has 9 nitrogen and oxygen atoms in total. The molecule has 0 saturated carbocycles. The zero-order valence-corrected chi connectivity index (χ0v) is 36.2. The minimum Gasteiger partial charge on any atom is -0.466 e. The number of nitrogens with one attached hydrogen (secondary N) is 2. The highest BCUT2D eigenvalue weighted by atomic mass is 35.5. The van der Waals surface area contributed by atoms with E-state index >= 15 is 0 Å². The summed E-state index contributed by atoms with van der Waals surface area (Å²) in [6, 6.07) is -1.85. The molecule has 0 bridgehead atoms. The number of amides is 1. The van der Waals surface area contributed by atoms with Gasteiger partial charge in [-0.1, -0.05) is 181 Å². The van der Waals surface area contributed by atoms with Gasteiger partial charge in [0.05, 0.1) is 19.3 Å². The van der Waals surface area contributed by atoms with E-state index in [4.69, 9.17) is 15.2 Å². The highest BCUT2D eigenvalue weighted by Crippen LogP contribution is 2.15. The first-order chi connectivity index (χ1) is 25.5. The maximum atomic E-state index is 13.0. The number of carbonyl (C=O) groups is 3. The van der Waals surface area contributed by atoms with E-state index < -0.39 is 24.0 Å². The fraction of sp³-hybridized carbons (Fsp3) is 0.860. The molecule has 0 fully saturated rings.